The van der Waals surface area contributed by atoms with Gasteiger partial charge < -0.3 is 4.74 Å². The maximum atomic E-state index is 11.2. The molecule has 72 valence electrons. The molecular weight excluding hydrogens is 295 g/mol. The zero-order valence-electron chi connectivity index (χ0n) is 7.40. The van der Waals surface area contributed by atoms with Gasteiger partial charge in [-0.1, -0.05) is 6.08 Å². The second-order valence-electron chi connectivity index (χ2n) is 2.85. The minimum atomic E-state index is -0.357. The number of esters is 1. The average Bonchev–Trinajstić information content (AvgIpc) is 2.59. The van der Waals surface area contributed by atoms with Gasteiger partial charge in [-0.15, -0.1) is 0 Å². The summed E-state index contributed by atoms with van der Waals surface area (Å²) in [6.07, 6.45) is 5.07. The average molecular weight is 302 g/mol. The minimum Gasteiger partial charge on any atom is -0.465 e. The highest BCUT2D eigenvalue weighted by atomic mass is 127. The van der Waals surface area contributed by atoms with Crippen LogP contribution < -0.4 is 0 Å². The molecule has 0 amide bonds. The molecule has 2 aliphatic rings. The molecule has 0 aromatic rings. The standard InChI is InChI=1S/C9H7IN2O2/c1-14-9(13)5-2-6-7(10)4-12-8(6)11-3-5/h2-4,6H,1H3/t6-/m0/s1. The van der Waals surface area contributed by atoms with Gasteiger partial charge in [-0.25, -0.2) is 14.8 Å². The third kappa shape index (κ3) is 1.52. The number of hydrogen-bond donors (Lipinski definition) is 0. The number of rotatable bonds is 1. The van der Waals surface area contributed by atoms with Crippen LogP contribution in [0.25, 0.3) is 0 Å². The fraction of sp³-hybridized carbons (Fsp3) is 0.222. The van der Waals surface area contributed by atoms with Crippen molar-refractivity contribution in [1.82, 2.24) is 0 Å². The van der Waals surface area contributed by atoms with Crippen LogP contribution in [0.5, 0.6) is 0 Å². The van der Waals surface area contributed by atoms with Gasteiger partial charge >= 0.3 is 5.97 Å². The summed E-state index contributed by atoms with van der Waals surface area (Å²) in [5.74, 6) is 0.417. The summed E-state index contributed by atoms with van der Waals surface area (Å²) in [4.78, 5) is 19.4. The first kappa shape index (κ1) is 9.57. The summed E-state index contributed by atoms with van der Waals surface area (Å²) >= 11 is 2.19. The highest BCUT2D eigenvalue weighted by Crippen LogP contribution is 2.30. The highest BCUT2D eigenvalue weighted by Gasteiger charge is 2.26. The van der Waals surface area contributed by atoms with Crippen molar-refractivity contribution in [2.75, 3.05) is 7.11 Å². The Morgan fingerprint density at radius 3 is 3.14 bits per heavy atom. The van der Waals surface area contributed by atoms with Gasteiger partial charge in [0.05, 0.1) is 18.6 Å². The van der Waals surface area contributed by atoms with Crippen LogP contribution in [0.4, 0.5) is 0 Å². The molecule has 5 heteroatoms. The van der Waals surface area contributed by atoms with E-state index in [1.54, 1.807) is 6.20 Å². The molecule has 0 bridgehead atoms. The Labute approximate surface area is 94.6 Å². The summed E-state index contributed by atoms with van der Waals surface area (Å²) in [7, 11) is 1.36. The SMILES string of the molecule is COC(=O)C1=C[C@H]2C(I)=CN=C2N=C1. The summed E-state index contributed by atoms with van der Waals surface area (Å²) in [6.45, 7) is 0. The predicted octanol–water partition coefficient (Wildman–Crippen LogP) is 1.47. The van der Waals surface area contributed by atoms with Crippen LogP contribution in [0.15, 0.2) is 31.4 Å². The van der Waals surface area contributed by atoms with Crippen molar-refractivity contribution in [3.8, 4) is 0 Å². The Bertz CT molecular complexity index is 407. The summed E-state index contributed by atoms with van der Waals surface area (Å²) < 4.78 is 5.68. The lowest BCUT2D eigenvalue weighted by molar-refractivity contribution is -0.135. The number of carbonyl (C=O) groups excluding carboxylic acids is 1. The lowest BCUT2D eigenvalue weighted by Gasteiger charge is -2.11. The number of hydrogen-bond acceptors (Lipinski definition) is 4. The van der Waals surface area contributed by atoms with E-state index in [4.69, 9.17) is 0 Å². The molecule has 0 saturated heterocycles. The third-order valence-corrected chi connectivity index (χ3v) is 2.95. The van der Waals surface area contributed by atoms with Crippen LogP contribution in [0, 0.1) is 5.92 Å². The number of aliphatic imine (C=N–C) groups is 2. The zero-order chi connectivity index (χ0) is 10.1. The first-order chi connectivity index (χ1) is 6.72. The quantitative estimate of drug-likeness (QED) is 0.544. The van der Waals surface area contributed by atoms with Gasteiger partial charge in [0.15, 0.2) is 0 Å². The first-order valence-corrected chi connectivity index (χ1v) is 5.07. The Hall–Kier alpha value is -0.980. The van der Waals surface area contributed by atoms with Gasteiger partial charge in [-0.3, -0.25) is 0 Å². The molecular formula is C9H7IN2O2. The number of amidine groups is 1. The lowest BCUT2D eigenvalue weighted by atomic mass is 10.0. The number of nitrogens with zero attached hydrogens (tertiary/aromatic N) is 2. The van der Waals surface area contributed by atoms with E-state index in [2.05, 4.69) is 37.3 Å². The fourth-order valence-electron chi connectivity index (χ4n) is 1.28. The monoisotopic (exact) mass is 302 g/mol. The number of ether oxygens (including phenoxy) is 1. The molecule has 0 aromatic carbocycles. The summed E-state index contributed by atoms with van der Waals surface area (Å²) in [5, 5.41) is 0. The van der Waals surface area contributed by atoms with Gasteiger partial charge in [0.1, 0.15) is 5.84 Å². The fourth-order valence-corrected chi connectivity index (χ4v) is 1.87. The van der Waals surface area contributed by atoms with E-state index < -0.39 is 0 Å². The van der Waals surface area contributed by atoms with Crippen LogP contribution in [-0.2, 0) is 9.53 Å². The maximum absolute atomic E-state index is 11.2. The van der Waals surface area contributed by atoms with Crippen molar-refractivity contribution >= 4 is 40.6 Å². The van der Waals surface area contributed by atoms with Crippen molar-refractivity contribution in [3.63, 3.8) is 0 Å². The van der Waals surface area contributed by atoms with E-state index in [0.29, 0.717) is 5.57 Å². The van der Waals surface area contributed by atoms with Crippen molar-refractivity contribution in [2.24, 2.45) is 15.9 Å². The summed E-state index contributed by atoms with van der Waals surface area (Å²) in [5.41, 5.74) is 0.487. The Kier molecular flexibility index (Phi) is 2.49. The van der Waals surface area contributed by atoms with Crippen molar-refractivity contribution in [1.29, 1.82) is 0 Å². The molecule has 1 atom stereocenters. The number of carbonyl (C=O) groups is 1. The van der Waals surface area contributed by atoms with E-state index in [9.17, 15) is 4.79 Å². The van der Waals surface area contributed by atoms with E-state index in [-0.39, 0.29) is 11.9 Å². The van der Waals surface area contributed by atoms with Crippen molar-refractivity contribution in [3.05, 3.63) is 21.4 Å². The lowest BCUT2D eigenvalue weighted by Crippen LogP contribution is -2.17. The maximum Gasteiger partial charge on any atom is 0.339 e. The van der Waals surface area contributed by atoms with Crippen LogP contribution in [-0.4, -0.2) is 25.1 Å². The van der Waals surface area contributed by atoms with Crippen LogP contribution in [0.2, 0.25) is 0 Å². The largest absolute Gasteiger partial charge is 0.465 e. The zero-order valence-corrected chi connectivity index (χ0v) is 9.56. The molecule has 0 aliphatic carbocycles. The number of fused-ring (bicyclic) bond motifs is 1. The molecule has 0 unspecified atom stereocenters. The second-order valence-corrected chi connectivity index (χ2v) is 4.10. The number of halogens is 1. The highest BCUT2D eigenvalue weighted by molar-refractivity contribution is 14.1. The Morgan fingerprint density at radius 1 is 1.64 bits per heavy atom. The van der Waals surface area contributed by atoms with E-state index in [0.717, 1.165) is 9.42 Å². The molecule has 2 heterocycles. The molecule has 14 heavy (non-hydrogen) atoms. The van der Waals surface area contributed by atoms with Crippen molar-refractivity contribution in [2.45, 2.75) is 0 Å². The van der Waals surface area contributed by atoms with Crippen LogP contribution in [0.3, 0.4) is 0 Å². The van der Waals surface area contributed by atoms with Gasteiger partial charge in [0.25, 0.3) is 0 Å². The van der Waals surface area contributed by atoms with Gasteiger partial charge in [-0.2, -0.15) is 0 Å². The van der Waals surface area contributed by atoms with E-state index >= 15 is 0 Å². The molecule has 0 spiro atoms. The van der Waals surface area contributed by atoms with E-state index in [1.807, 2.05) is 6.08 Å². The topological polar surface area (TPSA) is 51.0 Å². The molecule has 2 rings (SSSR count). The molecule has 0 radical (unpaired) electrons. The van der Waals surface area contributed by atoms with Gasteiger partial charge in [0.2, 0.25) is 0 Å². The van der Waals surface area contributed by atoms with Crippen LogP contribution in [0.1, 0.15) is 0 Å². The first-order valence-electron chi connectivity index (χ1n) is 4.00. The second kappa shape index (κ2) is 3.64. The van der Waals surface area contributed by atoms with Gasteiger partial charge in [-0.05, 0) is 22.6 Å². The van der Waals surface area contributed by atoms with E-state index in [1.165, 1.54) is 13.3 Å². The molecule has 0 saturated carbocycles. The Morgan fingerprint density at radius 2 is 2.43 bits per heavy atom. The molecule has 0 fully saturated rings. The summed E-state index contributed by atoms with van der Waals surface area (Å²) in [6, 6.07) is 0. The van der Waals surface area contributed by atoms with Crippen molar-refractivity contribution < 1.29 is 9.53 Å². The van der Waals surface area contributed by atoms with Gasteiger partial charge in [0, 0.05) is 16.0 Å². The molecule has 2 aliphatic heterocycles. The smallest absolute Gasteiger partial charge is 0.339 e. The molecule has 4 nitrogen and oxygen atoms in total. The molecule has 0 aromatic heterocycles. The number of methoxy groups -OCH3 is 1. The minimum absolute atomic E-state index is 0.0368. The third-order valence-electron chi connectivity index (χ3n) is 2.00. The Balaban J connectivity index is 2.29. The van der Waals surface area contributed by atoms with Crippen LogP contribution >= 0.6 is 22.6 Å². The molecule has 0 N–H and O–H groups in total. The number of dihydropyridines is 1. The normalized spacial score (nSPS) is 23.6. The predicted molar refractivity (Wildman–Crippen MR) is 61.6 cm³/mol.